The summed E-state index contributed by atoms with van der Waals surface area (Å²) < 4.78 is 0. The Morgan fingerprint density at radius 3 is 1.96 bits per heavy atom. The average molecular weight is 353 g/mol. The lowest BCUT2D eigenvalue weighted by Gasteiger charge is -2.08. The Labute approximate surface area is 162 Å². The molecule has 4 rings (SSSR count). The molecule has 136 valence electrons. The van der Waals surface area contributed by atoms with Crippen molar-refractivity contribution in [2.24, 2.45) is 0 Å². The summed E-state index contributed by atoms with van der Waals surface area (Å²) >= 11 is 0. The first kappa shape index (κ1) is 17.8. The highest BCUT2D eigenvalue weighted by atomic mass is 14.1. The van der Waals surface area contributed by atoms with Gasteiger partial charge in [0.05, 0.1) is 0 Å². The fraction of sp³-hybridized carbons (Fsp3) is 0.259. The van der Waals surface area contributed by atoms with Crippen LogP contribution in [0.25, 0.3) is 32.7 Å². The Balaban J connectivity index is 1.65. The van der Waals surface area contributed by atoms with E-state index in [9.17, 15) is 0 Å². The highest BCUT2D eigenvalue weighted by molar-refractivity contribution is 5.99. The first-order valence-corrected chi connectivity index (χ1v) is 10.3. The highest BCUT2D eigenvalue weighted by Crippen LogP contribution is 2.29. The van der Waals surface area contributed by atoms with Crippen molar-refractivity contribution >= 4 is 21.5 Å². The molecule has 0 amide bonds. The average Bonchev–Trinajstić information content (AvgIpc) is 2.70. The van der Waals surface area contributed by atoms with E-state index in [1.165, 1.54) is 75.9 Å². The Kier molecular flexibility index (Phi) is 5.25. The summed E-state index contributed by atoms with van der Waals surface area (Å²) in [6, 6.07) is 27.3. The molecule has 0 nitrogen and oxygen atoms in total. The van der Waals surface area contributed by atoms with Crippen molar-refractivity contribution in [3.63, 3.8) is 0 Å². The molecule has 0 aliphatic heterocycles. The van der Waals surface area contributed by atoms with Gasteiger partial charge in [0, 0.05) is 0 Å². The number of hydrogen-bond donors (Lipinski definition) is 0. The van der Waals surface area contributed by atoms with Crippen molar-refractivity contribution < 1.29 is 0 Å². The quantitative estimate of drug-likeness (QED) is 0.243. The maximum Gasteiger partial charge on any atom is -0.0171 e. The molecule has 0 spiro atoms. The van der Waals surface area contributed by atoms with Crippen LogP contribution in [0, 0.1) is 6.92 Å². The first-order chi connectivity index (χ1) is 13.2. The molecule has 0 bridgehead atoms. The number of rotatable bonds is 6. The van der Waals surface area contributed by atoms with Crippen LogP contribution in [0.2, 0.25) is 0 Å². The summed E-state index contributed by atoms with van der Waals surface area (Å²) in [4.78, 5) is 0. The number of unbranched alkanes of at least 4 members (excludes halogenated alkanes) is 3. The second kappa shape index (κ2) is 7.96. The summed E-state index contributed by atoms with van der Waals surface area (Å²) in [5.41, 5.74) is 5.34. The van der Waals surface area contributed by atoms with Crippen molar-refractivity contribution in [1.82, 2.24) is 0 Å². The topological polar surface area (TPSA) is 0 Å². The van der Waals surface area contributed by atoms with Gasteiger partial charge in [-0.15, -0.1) is 0 Å². The Morgan fingerprint density at radius 1 is 0.556 bits per heavy atom. The van der Waals surface area contributed by atoms with Crippen LogP contribution in [0.5, 0.6) is 0 Å². The summed E-state index contributed by atoms with van der Waals surface area (Å²) in [6.45, 7) is 4.40. The minimum Gasteiger partial charge on any atom is -0.0654 e. The summed E-state index contributed by atoms with van der Waals surface area (Å²) in [5.74, 6) is 0. The molecule has 0 unspecified atom stereocenters. The van der Waals surface area contributed by atoms with Gasteiger partial charge < -0.3 is 0 Å². The second-order valence-corrected chi connectivity index (χ2v) is 7.77. The zero-order valence-corrected chi connectivity index (χ0v) is 16.5. The van der Waals surface area contributed by atoms with E-state index in [1.807, 2.05) is 0 Å². The standard InChI is InChI=1S/C27H28/c1-3-4-5-6-7-21-10-13-24-19-27-17-23(22-11-8-20(2)9-12-22)14-15-25(27)18-26(24)16-21/h8-19H,3-7H2,1-2H3. The van der Waals surface area contributed by atoms with Gasteiger partial charge in [0.15, 0.2) is 0 Å². The van der Waals surface area contributed by atoms with Gasteiger partial charge >= 0.3 is 0 Å². The van der Waals surface area contributed by atoms with E-state index in [0.29, 0.717) is 0 Å². The van der Waals surface area contributed by atoms with Gasteiger partial charge in [-0.1, -0.05) is 86.3 Å². The molecule has 0 N–H and O–H groups in total. The molecule has 0 saturated carbocycles. The van der Waals surface area contributed by atoms with Crippen LogP contribution in [0.3, 0.4) is 0 Å². The lowest BCUT2D eigenvalue weighted by atomic mass is 9.96. The van der Waals surface area contributed by atoms with Gasteiger partial charge in [-0.25, -0.2) is 0 Å². The molecule has 0 heterocycles. The zero-order valence-electron chi connectivity index (χ0n) is 16.5. The fourth-order valence-corrected chi connectivity index (χ4v) is 3.88. The van der Waals surface area contributed by atoms with Crippen LogP contribution in [0.4, 0.5) is 0 Å². The molecule has 0 aromatic heterocycles. The normalized spacial score (nSPS) is 11.3. The van der Waals surface area contributed by atoms with E-state index in [2.05, 4.69) is 86.6 Å². The van der Waals surface area contributed by atoms with E-state index in [4.69, 9.17) is 0 Å². The van der Waals surface area contributed by atoms with Gasteiger partial charge in [-0.05, 0) is 76.2 Å². The van der Waals surface area contributed by atoms with E-state index < -0.39 is 0 Å². The molecule has 0 heteroatoms. The third kappa shape index (κ3) is 4.06. The van der Waals surface area contributed by atoms with Crippen LogP contribution in [-0.4, -0.2) is 0 Å². The molecule has 4 aromatic carbocycles. The van der Waals surface area contributed by atoms with Gasteiger partial charge in [0.2, 0.25) is 0 Å². The van der Waals surface area contributed by atoms with Crippen LogP contribution >= 0.6 is 0 Å². The van der Waals surface area contributed by atoms with Gasteiger partial charge in [-0.3, -0.25) is 0 Å². The largest absolute Gasteiger partial charge is 0.0654 e. The molecule has 0 radical (unpaired) electrons. The monoisotopic (exact) mass is 352 g/mol. The molecule has 0 atom stereocenters. The number of aryl methyl sites for hydroxylation is 2. The van der Waals surface area contributed by atoms with Crippen LogP contribution in [-0.2, 0) is 6.42 Å². The second-order valence-electron chi connectivity index (χ2n) is 7.77. The van der Waals surface area contributed by atoms with Gasteiger partial charge in [-0.2, -0.15) is 0 Å². The molecular formula is C27H28. The number of fused-ring (bicyclic) bond motifs is 2. The maximum absolute atomic E-state index is 2.38. The minimum atomic E-state index is 1.19. The van der Waals surface area contributed by atoms with E-state index in [1.54, 1.807) is 0 Å². The Bertz CT molecular complexity index is 1050. The smallest absolute Gasteiger partial charge is 0.0171 e. The number of hydrogen-bond acceptors (Lipinski definition) is 0. The highest BCUT2D eigenvalue weighted by Gasteiger charge is 2.03. The Hall–Kier alpha value is -2.60. The number of benzene rings is 4. The molecule has 0 saturated heterocycles. The molecule has 4 aromatic rings. The first-order valence-electron chi connectivity index (χ1n) is 10.3. The van der Waals surface area contributed by atoms with E-state index in [-0.39, 0.29) is 0 Å². The predicted molar refractivity (Wildman–Crippen MR) is 119 cm³/mol. The summed E-state index contributed by atoms with van der Waals surface area (Å²) in [5, 5.41) is 5.33. The molecular weight excluding hydrogens is 324 g/mol. The molecule has 0 aliphatic carbocycles. The predicted octanol–water partition coefficient (Wildman–Crippen LogP) is 8.09. The van der Waals surface area contributed by atoms with Crippen molar-refractivity contribution in [3.05, 3.63) is 83.9 Å². The van der Waals surface area contributed by atoms with Crippen molar-refractivity contribution in [2.45, 2.75) is 46.0 Å². The van der Waals surface area contributed by atoms with Crippen LogP contribution in [0.1, 0.15) is 43.7 Å². The zero-order chi connectivity index (χ0) is 18.6. The lowest BCUT2D eigenvalue weighted by Crippen LogP contribution is -1.87. The van der Waals surface area contributed by atoms with Crippen molar-refractivity contribution in [3.8, 4) is 11.1 Å². The summed E-state index contributed by atoms with van der Waals surface area (Å²) in [6.07, 6.45) is 6.48. The third-order valence-electron chi connectivity index (χ3n) is 5.56. The van der Waals surface area contributed by atoms with E-state index in [0.717, 1.165) is 0 Å². The Morgan fingerprint density at radius 2 is 1.22 bits per heavy atom. The molecule has 0 aliphatic rings. The fourth-order valence-electron chi connectivity index (χ4n) is 3.88. The molecule has 27 heavy (non-hydrogen) atoms. The lowest BCUT2D eigenvalue weighted by molar-refractivity contribution is 0.667. The van der Waals surface area contributed by atoms with Crippen molar-refractivity contribution in [2.75, 3.05) is 0 Å². The molecule has 0 fully saturated rings. The van der Waals surface area contributed by atoms with Crippen molar-refractivity contribution in [1.29, 1.82) is 0 Å². The SMILES string of the molecule is CCCCCCc1ccc2cc3cc(-c4ccc(C)cc4)ccc3cc2c1. The minimum absolute atomic E-state index is 1.19. The van der Waals surface area contributed by atoms with Crippen LogP contribution in [0.15, 0.2) is 72.8 Å². The van der Waals surface area contributed by atoms with E-state index >= 15 is 0 Å². The third-order valence-corrected chi connectivity index (χ3v) is 5.56. The van der Waals surface area contributed by atoms with Gasteiger partial charge in [0.1, 0.15) is 0 Å². The summed E-state index contributed by atoms with van der Waals surface area (Å²) in [7, 11) is 0. The van der Waals surface area contributed by atoms with Gasteiger partial charge in [0.25, 0.3) is 0 Å². The maximum atomic E-state index is 2.38. The van der Waals surface area contributed by atoms with Crippen LogP contribution < -0.4 is 0 Å².